The molecule has 0 spiro atoms. The number of nitrogens with zero attached hydrogens (tertiary/aromatic N) is 2. The highest BCUT2D eigenvalue weighted by Gasteiger charge is 2.21. The Hall–Kier alpha value is -3.88. The van der Waals surface area contributed by atoms with E-state index in [1.54, 1.807) is 56.5 Å². The third kappa shape index (κ3) is 4.11. The van der Waals surface area contributed by atoms with Gasteiger partial charge in [-0.1, -0.05) is 35.9 Å². The molecular weight excluding hydrogens is 486 g/mol. The molecule has 1 amide bonds. The lowest BCUT2D eigenvalue weighted by atomic mass is 10.2. The second kappa shape index (κ2) is 9.05. The Bertz CT molecular complexity index is 1720. The van der Waals surface area contributed by atoms with E-state index >= 15 is 0 Å². The quantitative estimate of drug-likeness (QED) is 0.365. The molecule has 3 aromatic carbocycles. The van der Waals surface area contributed by atoms with Crippen LogP contribution in [0.2, 0.25) is 5.02 Å². The van der Waals surface area contributed by atoms with Crippen LogP contribution in [-0.2, 0) is 11.3 Å². The van der Waals surface area contributed by atoms with E-state index in [4.69, 9.17) is 16.3 Å². The Morgan fingerprint density at radius 3 is 2.54 bits per heavy atom. The molecule has 2 heterocycles. The summed E-state index contributed by atoms with van der Waals surface area (Å²) in [6.07, 6.45) is 0. The first kappa shape index (κ1) is 22.9. The maximum atomic E-state index is 13.8. The molecular formula is C26H20ClN3O4S. The number of fused-ring (bicyclic) bond motifs is 3. The Morgan fingerprint density at radius 1 is 1.06 bits per heavy atom. The highest BCUT2D eigenvalue weighted by atomic mass is 35.5. The fraction of sp³-hybridized carbons (Fsp3) is 0.115. The summed E-state index contributed by atoms with van der Waals surface area (Å²) >= 11 is 7.49. The van der Waals surface area contributed by atoms with E-state index in [9.17, 15) is 14.4 Å². The molecule has 0 fully saturated rings. The van der Waals surface area contributed by atoms with Gasteiger partial charge in [-0.15, -0.1) is 11.3 Å². The van der Waals surface area contributed by atoms with Crippen LogP contribution in [0, 0.1) is 6.92 Å². The number of hydrogen-bond donors (Lipinski definition) is 1. The number of carbonyl (C=O) groups is 1. The van der Waals surface area contributed by atoms with Gasteiger partial charge in [-0.05, 0) is 55.0 Å². The van der Waals surface area contributed by atoms with Crippen LogP contribution in [0.5, 0.6) is 5.75 Å². The normalized spacial score (nSPS) is 11.2. The predicted octanol–water partition coefficient (Wildman–Crippen LogP) is 4.98. The monoisotopic (exact) mass is 505 g/mol. The van der Waals surface area contributed by atoms with E-state index in [2.05, 4.69) is 5.32 Å². The van der Waals surface area contributed by atoms with Crippen molar-refractivity contribution >= 4 is 54.8 Å². The predicted molar refractivity (Wildman–Crippen MR) is 141 cm³/mol. The molecule has 0 aliphatic carbocycles. The number of ether oxygens (including phenoxy) is 1. The Kier molecular flexibility index (Phi) is 5.92. The van der Waals surface area contributed by atoms with Crippen LogP contribution in [0.3, 0.4) is 0 Å². The molecule has 0 atom stereocenters. The van der Waals surface area contributed by atoms with E-state index < -0.39 is 17.2 Å². The zero-order valence-electron chi connectivity index (χ0n) is 18.9. The maximum Gasteiger partial charge on any atom is 0.336 e. The van der Waals surface area contributed by atoms with Crippen molar-refractivity contribution in [3.8, 4) is 11.4 Å². The summed E-state index contributed by atoms with van der Waals surface area (Å²) in [5, 5.41) is 3.95. The van der Waals surface area contributed by atoms with Crippen LogP contribution in [-0.4, -0.2) is 22.2 Å². The standard InChI is InChI=1S/C26H20ClN3O4S/c1-15-7-8-16(27)13-20(15)30-25(32)24-23(19-5-3-4-6-21(19)35-24)29(26(30)33)14-22(31)28-17-9-11-18(34-2)12-10-17/h3-13H,14H2,1-2H3,(H,28,31). The lowest BCUT2D eigenvalue weighted by Crippen LogP contribution is -2.40. The number of rotatable bonds is 5. The highest BCUT2D eigenvalue weighted by Crippen LogP contribution is 2.31. The zero-order valence-corrected chi connectivity index (χ0v) is 20.4. The Labute approximate surface area is 208 Å². The van der Waals surface area contributed by atoms with Crippen LogP contribution >= 0.6 is 22.9 Å². The number of hydrogen-bond acceptors (Lipinski definition) is 5. The largest absolute Gasteiger partial charge is 0.497 e. The van der Waals surface area contributed by atoms with Gasteiger partial charge in [0.25, 0.3) is 5.56 Å². The molecule has 0 saturated heterocycles. The molecule has 176 valence electrons. The first-order chi connectivity index (χ1) is 16.9. The number of benzene rings is 3. The van der Waals surface area contributed by atoms with Crippen LogP contribution in [0.15, 0.2) is 76.3 Å². The average molecular weight is 506 g/mol. The van der Waals surface area contributed by atoms with Gasteiger partial charge in [-0.3, -0.25) is 14.2 Å². The lowest BCUT2D eigenvalue weighted by Gasteiger charge is -2.14. The van der Waals surface area contributed by atoms with Gasteiger partial charge in [-0.2, -0.15) is 0 Å². The van der Waals surface area contributed by atoms with E-state index in [-0.39, 0.29) is 6.54 Å². The fourth-order valence-corrected chi connectivity index (χ4v) is 5.35. The number of anilines is 1. The van der Waals surface area contributed by atoms with Gasteiger partial charge in [0.05, 0.1) is 18.3 Å². The van der Waals surface area contributed by atoms with Crippen molar-refractivity contribution in [3.63, 3.8) is 0 Å². The van der Waals surface area contributed by atoms with Gasteiger partial charge in [0, 0.05) is 20.8 Å². The van der Waals surface area contributed by atoms with E-state index in [1.807, 2.05) is 24.3 Å². The summed E-state index contributed by atoms with van der Waals surface area (Å²) in [5.41, 5.74) is 1.06. The van der Waals surface area contributed by atoms with Crippen molar-refractivity contribution in [1.29, 1.82) is 0 Å². The van der Waals surface area contributed by atoms with Crippen LogP contribution in [0.25, 0.3) is 26.0 Å². The van der Waals surface area contributed by atoms with Gasteiger partial charge >= 0.3 is 5.69 Å². The van der Waals surface area contributed by atoms with Crippen molar-refractivity contribution in [1.82, 2.24) is 9.13 Å². The summed E-state index contributed by atoms with van der Waals surface area (Å²) in [6, 6.07) is 19.4. The van der Waals surface area contributed by atoms with Crippen molar-refractivity contribution in [2.75, 3.05) is 12.4 Å². The molecule has 5 aromatic rings. The minimum atomic E-state index is -0.610. The highest BCUT2D eigenvalue weighted by molar-refractivity contribution is 7.25. The fourth-order valence-electron chi connectivity index (χ4n) is 4.05. The number of aromatic nitrogens is 2. The number of methoxy groups -OCH3 is 1. The van der Waals surface area contributed by atoms with Gasteiger partial charge in [-0.25, -0.2) is 9.36 Å². The minimum absolute atomic E-state index is 0.276. The summed E-state index contributed by atoms with van der Waals surface area (Å²) in [6.45, 7) is 1.52. The van der Waals surface area contributed by atoms with Crippen molar-refractivity contribution < 1.29 is 9.53 Å². The number of halogens is 1. The molecule has 7 nitrogen and oxygen atoms in total. The first-order valence-electron chi connectivity index (χ1n) is 10.7. The van der Waals surface area contributed by atoms with Crippen molar-refractivity contribution in [3.05, 3.63) is 98.2 Å². The summed E-state index contributed by atoms with van der Waals surface area (Å²) < 4.78 is 8.85. The maximum absolute atomic E-state index is 13.8. The molecule has 0 saturated carbocycles. The molecule has 0 aliphatic heterocycles. The van der Waals surface area contributed by atoms with E-state index in [1.165, 1.54) is 15.9 Å². The smallest absolute Gasteiger partial charge is 0.336 e. The third-order valence-corrected chi connectivity index (χ3v) is 7.13. The summed E-state index contributed by atoms with van der Waals surface area (Å²) in [4.78, 5) is 40.4. The van der Waals surface area contributed by atoms with Crippen molar-refractivity contribution in [2.45, 2.75) is 13.5 Å². The lowest BCUT2D eigenvalue weighted by molar-refractivity contribution is -0.116. The number of aryl methyl sites for hydroxylation is 1. The SMILES string of the molecule is COc1ccc(NC(=O)Cn2c(=O)n(-c3cc(Cl)ccc3C)c(=O)c3sc4ccccc4c32)cc1. The number of nitrogens with one attached hydrogen (secondary N) is 1. The number of thiophene rings is 1. The van der Waals surface area contributed by atoms with Gasteiger partial charge in [0.2, 0.25) is 5.91 Å². The first-order valence-corrected chi connectivity index (χ1v) is 11.9. The summed E-state index contributed by atoms with van der Waals surface area (Å²) in [7, 11) is 1.56. The van der Waals surface area contributed by atoms with Gasteiger partial charge < -0.3 is 10.1 Å². The van der Waals surface area contributed by atoms with Gasteiger partial charge in [0.15, 0.2) is 0 Å². The molecule has 9 heteroatoms. The van der Waals surface area contributed by atoms with Crippen LogP contribution in [0.4, 0.5) is 5.69 Å². The van der Waals surface area contributed by atoms with Crippen molar-refractivity contribution in [2.24, 2.45) is 0 Å². The molecule has 0 unspecified atom stereocenters. The molecule has 0 aliphatic rings. The molecule has 0 bridgehead atoms. The molecule has 35 heavy (non-hydrogen) atoms. The molecule has 0 radical (unpaired) electrons. The van der Waals surface area contributed by atoms with E-state index in [0.29, 0.717) is 37.9 Å². The van der Waals surface area contributed by atoms with Crippen LogP contribution in [0.1, 0.15) is 5.56 Å². The number of amides is 1. The molecule has 1 N–H and O–H groups in total. The second-order valence-electron chi connectivity index (χ2n) is 7.99. The zero-order chi connectivity index (χ0) is 24.7. The third-order valence-electron chi connectivity index (χ3n) is 5.75. The van der Waals surface area contributed by atoms with Crippen LogP contribution < -0.4 is 21.3 Å². The Morgan fingerprint density at radius 2 is 1.80 bits per heavy atom. The Balaban J connectivity index is 1.70. The van der Waals surface area contributed by atoms with E-state index in [0.717, 1.165) is 14.7 Å². The summed E-state index contributed by atoms with van der Waals surface area (Å²) in [5.74, 6) is 0.261. The minimum Gasteiger partial charge on any atom is -0.497 e. The molecule has 2 aromatic heterocycles. The second-order valence-corrected chi connectivity index (χ2v) is 9.48. The topological polar surface area (TPSA) is 82.3 Å². The number of carbonyl (C=O) groups excluding carboxylic acids is 1. The molecule has 5 rings (SSSR count). The van der Waals surface area contributed by atoms with Gasteiger partial charge in [0.1, 0.15) is 17.0 Å². The average Bonchev–Trinajstić information content (AvgIpc) is 3.24.